The summed E-state index contributed by atoms with van der Waals surface area (Å²) in [4.78, 5) is 26.1. The van der Waals surface area contributed by atoms with Crippen LogP contribution >= 0.6 is 11.3 Å². The van der Waals surface area contributed by atoms with E-state index in [9.17, 15) is 9.59 Å². The minimum atomic E-state index is -0.0450. The van der Waals surface area contributed by atoms with Crippen LogP contribution in [0.1, 0.15) is 23.3 Å². The Morgan fingerprint density at radius 3 is 2.79 bits per heavy atom. The first-order chi connectivity index (χ1) is 9.22. The molecule has 2 amide bonds. The largest absolute Gasteiger partial charge is 0.395 e. The second-order valence-corrected chi connectivity index (χ2v) is 5.74. The van der Waals surface area contributed by atoms with Crippen molar-refractivity contribution in [2.24, 2.45) is 11.8 Å². The highest BCUT2D eigenvalue weighted by Crippen LogP contribution is 2.47. The monoisotopic (exact) mass is 275 g/mol. The molecule has 98 valence electrons. The number of fused-ring (bicyclic) bond motifs is 1. The van der Waals surface area contributed by atoms with Crippen LogP contribution in [0.4, 0.5) is 0 Å². The molecule has 3 rings (SSSR count). The van der Waals surface area contributed by atoms with Gasteiger partial charge in [0.15, 0.2) is 0 Å². The van der Waals surface area contributed by atoms with Gasteiger partial charge in [0.05, 0.1) is 25.0 Å². The first-order valence-electron chi connectivity index (χ1n) is 6.23. The predicted molar refractivity (Wildman–Crippen MR) is 70.1 cm³/mol. The van der Waals surface area contributed by atoms with E-state index in [0.29, 0.717) is 13.0 Å². The number of rotatable bonds is 3. The average Bonchev–Trinajstić information content (AvgIpc) is 3.03. The lowest BCUT2D eigenvalue weighted by Gasteiger charge is -2.15. The number of carbonyl (C=O) groups excluding carboxylic acids is 2. The van der Waals surface area contributed by atoms with Crippen LogP contribution < -0.4 is 0 Å². The molecule has 0 spiro atoms. The fraction of sp³-hybridized carbons (Fsp3) is 0.429. The molecule has 1 aromatic heterocycles. The summed E-state index contributed by atoms with van der Waals surface area (Å²) in [5.74, 6) is 5.68. The highest BCUT2D eigenvalue weighted by Gasteiger charge is 2.58. The lowest BCUT2D eigenvalue weighted by atomic mass is 10.2. The van der Waals surface area contributed by atoms with Crippen molar-refractivity contribution < 1.29 is 14.7 Å². The van der Waals surface area contributed by atoms with Crippen LogP contribution in [0.5, 0.6) is 0 Å². The Bertz CT molecular complexity index is 575. The molecule has 5 heteroatoms. The predicted octanol–water partition coefficient (Wildman–Crippen LogP) is 0.987. The van der Waals surface area contributed by atoms with Crippen LogP contribution in [-0.4, -0.2) is 28.4 Å². The van der Waals surface area contributed by atoms with Crippen LogP contribution in [0.3, 0.4) is 0 Å². The van der Waals surface area contributed by atoms with E-state index in [2.05, 4.69) is 11.8 Å². The fourth-order valence-corrected chi connectivity index (χ4v) is 3.16. The zero-order chi connectivity index (χ0) is 13.4. The summed E-state index contributed by atoms with van der Waals surface area (Å²) in [5.41, 5.74) is 0.847. The molecular weight excluding hydrogens is 262 g/mol. The summed E-state index contributed by atoms with van der Waals surface area (Å²) < 4.78 is 0. The van der Waals surface area contributed by atoms with Crippen LogP contribution in [-0.2, 0) is 16.1 Å². The van der Waals surface area contributed by atoms with Gasteiger partial charge in [0.2, 0.25) is 11.8 Å². The summed E-state index contributed by atoms with van der Waals surface area (Å²) in [7, 11) is 0. The Morgan fingerprint density at radius 1 is 1.37 bits per heavy atom. The van der Waals surface area contributed by atoms with E-state index in [1.807, 2.05) is 11.4 Å². The summed E-state index contributed by atoms with van der Waals surface area (Å²) in [6.07, 6.45) is 1.17. The molecule has 1 aliphatic heterocycles. The molecule has 1 aromatic rings. The molecule has 19 heavy (non-hydrogen) atoms. The second-order valence-electron chi connectivity index (χ2n) is 4.74. The van der Waals surface area contributed by atoms with Crippen molar-refractivity contribution in [1.82, 2.24) is 4.90 Å². The first-order valence-corrected chi connectivity index (χ1v) is 7.11. The van der Waals surface area contributed by atoms with Gasteiger partial charge in [-0.3, -0.25) is 14.5 Å². The van der Waals surface area contributed by atoms with Crippen molar-refractivity contribution in [1.29, 1.82) is 0 Å². The summed E-state index contributed by atoms with van der Waals surface area (Å²) in [6, 6.07) is 1.89. The normalized spacial score (nSPS) is 24.2. The molecular formula is C14H13NO3S. The van der Waals surface area contributed by atoms with E-state index in [1.165, 1.54) is 16.2 Å². The Morgan fingerprint density at radius 2 is 2.11 bits per heavy atom. The van der Waals surface area contributed by atoms with Gasteiger partial charge in [0, 0.05) is 16.9 Å². The van der Waals surface area contributed by atoms with Crippen molar-refractivity contribution in [2.45, 2.75) is 19.4 Å². The highest BCUT2D eigenvalue weighted by molar-refractivity contribution is 7.10. The van der Waals surface area contributed by atoms with Gasteiger partial charge in [-0.25, -0.2) is 0 Å². The standard InChI is InChI=1S/C14H13NO3S/c16-5-2-1-3-9-4-6-19-12(9)8-15-13(17)10-7-11(10)14(15)18/h4,6,10-11,16H,2,5,7-8H2. The fourth-order valence-electron chi connectivity index (χ4n) is 2.34. The van der Waals surface area contributed by atoms with E-state index in [-0.39, 0.29) is 30.3 Å². The van der Waals surface area contributed by atoms with E-state index in [4.69, 9.17) is 5.11 Å². The van der Waals surface area contributed by atoms with Crippen molar-refractivity contribution in [3.05, 3.63) is 21.9 Å². The third-order valence-corrected chi connectivity index (χ3v) is 4.37. The van der Waals surface area contributed by atoms with Crippen LogP contribution in [0.25, 0.3) is 0 Å². The number of piperidine rings is 1. The highest BCUT2D eigenvalue weighted by atomic mass is 32.1. The quantitative estimate of drug-likeness (QED) is 0.661. The molecule has 2 fully saturated rings. The lowest BCUT2D eigenvalue weighted by Crippen LogP contribution is -2.32. The number of amides is 2. The Kier molecular flexibility index (Phi) is 3.13. The van der Waals surface area contributed by atoms with Gasteiger partial charge in [-0.15, -0.1) is 11.3 Å². The molecule has 4 nitrogen and oxygen atoms in total. The number of thiophene rings is 1. The third-order valence-electron chi connectivity index (χ3n) is 3.46. The van der Waals surface area contributed by atoms with E-state index in [1.54, 1.807) is 0 Å². The maximum Gasteiger partial charge on any atom is 0.233 e. The second kappa shape index (κ2) is 4.80. The van der Waals surface area contributed by atoms with E-state index in [0.717, 1.165) is 16.9 Å². The Hall–Kier alpha value is -1.64. The molecule has 2 unspecified atom stereocenters. The molecule has 0 bridgehead atoms. The number of nitrogens with zero attached hydrogens (tertiary/aromatic N) is 1. The summed E-state index contributed by atoms with van der Waals surface area (Å²) >= 11 is 1.50. The van der Waals surface area contributed by atoms with Gasteiger partial charge in [-0.2, -0.15) is 0 Å². The van der Waals surface area contributed by atoms with Crippen LogP contribution in [0.2, 0.25) is 0 Å². The van der Waals surface area contributed by atoms with Crippen LogP contribution in [0.15, 0.2) is 11.4 Å². The van der Waals surface area contributed by atoms with Gasteiger partial charge in [-0.05, 0) is 17.9 Å². The molecule has 1 saturated carbocycles. The Balaban J connectivity index is 1.74. The van der Waals surface area contributed by atoms with Gasteiger partial charge < -0.3 is 5.11 Å². The molecule has 2 heterocycles. The molecule has 2 atom stereocenters. The number of aliphatic hydroxyl groups is 1. The van der Waals surface area contributed by atoms with E-state index < -0.39 is 0 Å². The molecule has 2 aliphatic rings. The van der Waals surface area contributed by atoms with Gasteiger partial charge in [-0.1, -0.05) is 11.8 Å². The number of carbonyl (C=O) groups is 2. The number of likely N-dealkylation sites (tertiary alicyclic amines) is 1. The minimum absolute atomic E-state index is 0.0299. The molecule has 1 aliphatic carbocycles. The molecule has 0 aromatic carbocycles. The average molecular weight is 275 g/mol. The summed E-state index contributed by atoms with van der Waals surface area (Å²) in [6.45, 7) is 0.379. The van der Waals surface area contributed by atoms with Gasteiger partial charge in [0.25, 0.3) is 0 Å². The molecule has 1 N–H and O–H groups in total. The maximum absolute atomic E-state index is 11.9. The van der Waals surface area contributed by atoms with Crippen LogP contribution in [0, 0.1) is 23.7 Å². The smallest absolute Gasteiger partial charge is 0.233 e. The zero-order valence-electron chi connectivity index (χ0n) is 10.3. The Labute approximate surface area is 115 Å². The van der Waals surface area contributed by atoms with Crippen molar-refractivity contribution in [3.8, 4) is 11.8 Å². The number of aliphatic hydroxyl groups excluding tert-OH is 1. The zero-order valence-corrected chi connectivity index (χ0v) is 11.1. The van der Waals surface area contributed by atoms with Gasteiger partial charge >= 0.3 is 0 Å². The first kappa shape index (κ1) is 12.4. The van der Waals surface area contributed by atoms with E-state index >= 15 is 0 Å². The SMILES string of the molecule is O=C1C2CC2C(=O)N1Cc1sccc1C#CCCO. The molecule has 0 radical (unpaired) electrons. The van der Waals surface area contributed by atoms with Gasteiger partial charge in [0.1, 0.15) is 0 Å². The maximum atomic E-state index is 11.9. The third kappa shape index (κ3) is 2.18. The topological polar surface area (TPSA) is 57.6 Å². The minimum Gasteiger partial charge on any atom is -0.395 e. The molecule has 1 saturated heterocycles. The number of hydrogen-bond donors (Lipinski definition) is 1. The number of hydrogen-bond acceptors (Lipinski definition) is 4. The summed E-state index contributed by atoms with van der Waals surface area (Å²) in [5, 5.41) is 10.6. The lowest BCUT2D eigenvalue weighted by molar-refractivity contribution is -0.141. The number of imide groups is 1. The van der Waals surface area contributed by atoms with Crippen molar-refractivity contribution in [3.63, 3.8) is 0 Å². The van der Waals surface area contributed by atoms with Crippen molar-refractivity contribution >= 4 is 23.2 Å². The van der Waals surface area contributed by atoms with Crippen molar-refractivity contribution in [2.75, 3.05) is 6.61 Å².